The van der Waals surface area contributed by atoms with Gasteiger partial charge in [0.05, 0.1) is 17.2 Å². The fourth-order valence-corrected chi connectivity index (χ4v) is 7.74. The summed E-state index contributed by atoms with van der Waals surface area (Å²) in [6, 6.07) is 14.0. The molecular weight excluding hydrogens is 529 g/mol. The summed E-state index contributed by atoms with van der Waals surface area (Å²) in [5.41, 5.74) is 0.911. The van der Waals surface area contributed by atoms with Crippen LogP contribution in [0.3, 0.4) is 0 Å². The Morgan fingerprint density at radius 1 is 1.00 bits per heavy atom. The summed E-state index contributed by atoms with van der Waals surface area (Å²) in [5, 5.41) is 0. The number of amides is 1. The molecule has 3 rings (SSSR count). The molecule has 0 aliphatic carbocycles. The van der Waals surface area contributed by atoms with Crippen molar-refractivity contribution in [1.29, 1.82) is 0 Å². The van der Waals surface area contributed by atoms with Crippen molar-refractivity contribution in [2.24, 2.45) is 5.92 Å². The Hall–Kier alpha value is -2.34. The van der Waals surface area contributed by atoms with Gasteiger partial charge >= 0.3 is 0 Å². The van der Waals surface area contributed by atoms with E-state index in [0.717, 1.165) is 17.7 Å². The van der Waals surface area contributed by atoms with E-state index in [2.05, 4.69) is 0 Å². The van der Waals surface area contributed by atoms with E-state index in [-0.39, 0.29) is 54.7 Å². The van der Waals surface area contributed by atoms with Crippen molar-refractivity contribution >= 4 is 26.0 Å². The third-order valence-corrected chi connectivity index (χ3v) is 10.5. The molecule has 1 saturated heterocycles. The lowest BCUT2D eigenvalue weighted by Gasteiger charge is -2.39. The van der Waals surface area contributed by atoms with E-state index in [1.807, 2.05) is 44.2 Å². The van der Waals surface area contributed by atoms with E-state index in [1.165, 1.54) is 20.7 Å². The Labute approximate surface area is 226 Å². The van der Waals surface area contributed by atoms with Crippen molar-refractivity contribution < 1.29 is 26.0 Å². The number of benzene rings is 2. The highest BCUT2D eigenvalue weighted by molar-refractivity contribution is 7.89. The van der Waals surface area contributed by atoms with Crippen molar-refractivity contribution in [3.63, 3.8) is 0 Å². The quantitative estimate of drug-likeness (QED) is 0.390. The van der Waals surface area contributed by atoms with Gasteiger partial charge in [0.2, 0.25) is 26.0 Å². The van der Waals surface area contributed by atoms with E-state index >= 15 is 0 Å². The molecule has 8 nitrogen and oxygen atoms in total. The van der Waals surface area contributed by atoms with Gasteiger partial charge in [-0.1, -0.05) is 51.1 Å². The predicted molar refractivity (Wildman–Crippen MR) is 146 cm³/mol. The molecule has 0 saturated carbocycles. The summed E-state index contributed by atoms with van der Waals surface area (Å²) < 4.78 is 67.9. The molecule has 1 amide bonds. The standard InChI is InChI=1S/C27H38FN3O5S2/c1-4-18-37(33,34)30(19-22(2)3)21-27(32)31(20-23-8-6-5-7-9-23)25-14-16-29(17-15-25)38(35,36)26-12-10-24(28)11-13-26/h5-13,22,25H,4,14-21H2,1-3H3. The van der Waals surface area contributed by atoms with Gasteiger partial charge in [-0.2, -0.15) is 8.61 Å². The third kappa shape index (κ3) is 7.84. The monoisotopic (exact) mass is 567 g/mol. The van der Waals surface area contributed by atoms with Gasteiger partial charge in [-0.15, -0.1) is 0 Å². The summed E-state index contributed by atoms with van der Waals surface area (Å²) in [6.45, 7) is 6.33. The molecule has 0 radical (unpaired) electrons. The van der Waals surface area contributed by atoms with Gasteiger partial charge in [0.25, 0.3) is 0 Å². The molecule has 1 aliphatic heterocycles. The number of piperidine rings is 1. The van der Waals surface area contributed by atoms with E-state index in [4.69, 9.17) is 0 Å². The lowest BCUT2D eigenvalue weighted by atomic mass is 10.0. The summed E-state index contributed by atoms with van der Waals surface area (Å²) in [7, 11) is -7.38. The molecule has 210 valence electrons. The highest BCUT2D eigenvalue weighted by atomic mass is 32.2. The van der Waals surface area contributed by atoms with Crippen molar-refractivity contribution in [1.82, 2.24) is 13.5 Å². The van der Waals surface area contributed by atoms with Gasteiger partial charge in [0, 0.05) is 32.2 Å². The van der Waals surface area contributed by atoms with Gasteiger partial charge in [-0.05, 0) is 55.0 Å². The van der Waals surface area contributed by atoms with E-state index < -0.39 is 25.9 Å². The first-order chi connectivity index (χ1) is 17.9. The van der Waals surface area contributed by atoms with Crippen molar-refractivity contribution in [3.8, 4) is 0 Å². The Morgan fingerprint density at radius 3 is 2.16 bits per heavy atom. The van der Waals surface area contributed by atoms with E-state index in [1.54, 1.807) is 11.8 Å². The van der Waals surface area contributed by atoms with E-state index in [9.17, 15) is 26.0 Å². The topological polar surface area (TPSA) is 95.1 Å². The van der Waals surface area contributed by atoms with Crippen LogP contribution in [0, 0.1) is 11.7 Å². The van der Waals surface area contributed by atoms with Crippen LogP contribution in [0.5, 0.6) is 0 Å². The molecule has 11 heteroatoms. The normalized spacial score (nSPS) is 15.7. The first-order valence-corrected chi connectivity index (χ1v) is 16.1. The molecule has 0 N–H and O–H groups in total. The third-order valence-electron chi connectivity index (χ3n) is 6.57. The molecule has 0 spiro atoms. The van der Waals surface area contributed by atoms with Crippen molar-refractivity contribution in [3.05, 3.63) is 66.0 Å². The first-order valence-electron chi connectivity index (χ1n) is 13.0. The minimum absolute atomic E-state index is 0.0225. The average Bonchev–Trinajstić information content (AvgIpc) is 2.87. The summed E-state index contributed by atoms with van der Waals surface area (Å²) in [5.74, 6) is -0.776. The number of rotatable bonds is 12. The van der Waals surface area contributed by atoms with Gasteiger partial charge in [-0.25, -0.2) is 21.2 Å². The zero-order chi connectivity index (χ0) is 27.9. The number of carbonyl (C=O) groups excluding carboxylic acids is 1. The minimum Gasteiger partial charge on any atom is -0.334 e. The maximum absolute atomic E-state index is 13.7. The van der Waals surface area contributed by atoms with Crippen LogP contribution in [0.1, 0.15) is 45.6 Å². The predicted octanol–water partition coefficient (Wildman–Crippen LogP) is 3.71. The number of hydrogen-bond donors (Lipinski definition) is 0. The average molecular weight is 568 g/mol. The molecule has 2 aromatic carbocycles. The van der Waals surface area contributed by atoms with Gasteiger partial charge in [0.1, 0.15) is 5.82 Å². The van der Waals surface area contributed by atoms with Crippen LogP contribution in [-0.2, 0) is 31.4 Å². The molecule has 0 atom stereocenters. The Balaban J connectivity index is 1.80. The van der Waals surface area contributed by atoms with Crippen molar-refractivity contribution in [2.45, 2.75) is 57.5 Å². The SMILES string of the molecule is CCCS(=O)(=O)N(CC(=O)N(Cc1ccccc1)C1CCN(S(=O)(=O)c2ccc(F)cc2)CC1)CC(C)C. The number of halogens is 1. The molecule has 0 aromatic heterocycles. The molecule has 1 aliphatic rings. The Morgan fingerprint density at radius 2 is 1.61 bits per heavy atom. The lowest BCUT2D eigenvalue weighted by Crippen LogP contribution is -2.51. The zero-order valence-electron chi connectivity index (χ0n) is 22.3. The Kier molecular flexibility index (Phi) is 10.4. The van der Waals surface area contributed by atoms with Crippen molar-refractivity contribution in [2.75, 3.05) is 31.9 Å². The smallest absolute Gasteiger partial charge is 0.243 e. The number of hydrogen-bond acceptors (Lipinski definition) is 5. The zero-order valence-corrected chi connectivity index (χ0v) is 23.9. The van der Waals surface area contributed by atoms with Crippen LogP contribution in [-0.4, -0.2) is 74.2 Å². The second-order valence-electron chi connectivity index (χ2n) is 10.1. The second-order valence-corrected chi connectivity index (χ2v) is 14.1. The summed E-state index contributed by atoms with van der Waals surface area (Å²) in [6.07, 6.45) is 1.27. The molecule has 0 bridgehead atoms. The van der Waals surface area contributed by atoms with Crippen LogP contribution in [0.2, 0.25) is 0 Å². The second kappa shape index (κ2) is 13.1. The molecule has 1 fully saturated rings. The fraction of sp³-hybridized carbons (Fsp3) is 0.519. The number of nitrogens with zero attached hydrogens (tertiary/aromatic N) is 3. The van der Waals surface area contributed by atoms with Gasteiger partial charge in [-0.3, -0.25) is 4.79 Å². The first kappa shape index (κ1) is 30.2. The summed E-state index contributed by atoms with van der Waals surface area (Å²) in [4.78, 5) is 15.4. The van der Waals surface area contributed by atoms with Gasteiger partial charge < -0.3 is 4.90 Å². The Bertz CT molecular complexity index is 1260. The largest absolute Gasteiger partial charge is 0.334 e. The van der Waals surface area contributed by atoms with Gasteiger partial charge in [0.15, 0.2) is 0 Å². The minimum atomic E-state index is -3.79. The number of carbonyl (C=O) groups is 1. The molecule has 38 heavy (non-hydrogen) atoms. The van der Waals surface area contributed by atoms with Crippen LogP contribution in [0.25, 0.3) is 0 Å². The fourth-order valence-electron chi connectivity index (χ4n) is 4.66. The molecule has 0 unspecified atom stereocenters. The van der Waals surface area contributed by atoms with E-state index in [0.29, 0.717) is 25.8 Å². The molecule has 1 heterocycles. The summed E-state index contributed by atoms with van der Waals surface area (Å²) >= 11 is 0. The van der Waals surface area contributed by atoms with Crippen LogP contribution < -0.4 is 0 Å². The molecule has 2 aromatic rings. The maximum atomic E-state index is 13.7. The highest BCUT2D eigenvalue weighted by Crippen LogP contribution is 2.25. The van der Waals surface area contributed by atoms with Crippen LogP contribution in [0.15, 0.2) is 59.5 Å². The molecular formula is C27H38FN3O5S2. The van der Waals surface area contributed by atoms with Crippen LogP contribution >= 0.6 is 0 Å². The number of sulfonamides is 2. The van der Waals surface area contributed by atoms with Crippen LogP contribution in [0.4, 0.5) is 4.39 Å². The highest BCUT2D eigenvalue weighted by Gasteiger charge is 2.35. The maximum Gasteiger partial charge on any atom is 0.243 e. The lowest BCUT2D eigenvalue weighted by molar-refractivity contribution is -0.135.